The molecule has 3 rings (SSSR count). The SMILES string of the molecule is CC(C)C(NC(=O)OCc1ccccc1)C(=O)CC1CCc2cn[nH]c2CCCCNC(=O)C1=O. The number of H-pyrrole nitrogens is 1. The van der Waals surface area contributed by atoms with Crippen molar-refractivity contribution in [3.05, 3.63) is 53.3 Å². The second kappa shape index (κ2) is 12.8. The van der Waals surface area contributed by atoms with Gasteiger partial charge in [0.25, 0.3) is 5.91 Å². The predicted octanol–water partition coefficient (Wildman–Crippen LogP) is 2.89. The van der Waals surface area contributed by atoms with Gasteiger partial charge in [0.1, 0.15) is 6.61 Å². The largest absolute Gasteiger partial charge is 0.445 e. The number of benzene rings is 1. The second-order valence-corrected chi connectivity index (χ2v) is 9.28. The highest BCUT2D eigenvalue weighted by atomic mass is 16.5. The molecule has 1 aromatic heterocycles. The molecule has 0 bridgehead atoms. The number of hydrogen-bond donors (Lipinski definition) is 3. The topological polar surface area (TPSA) is 130 Å². The van der Waals surface area contributed by atoms with Crippen molar-refractivity contribution in [3.8, 4) is 0 Å². The molecule has 9 heteroatoms. The number of amides is 2. The number of Topliss-reactive ketones (excluding diaryl/α,β-unsaturated/α-hetero) is 2. The third kappa shape index (κ3) is 7.77. The lowest BCUT2D eigenvalue weighted by molar-refractivity contribution is -0.141. The summed E-state index contributed by atoms with van der Waals surface area (Å²) in [6, 6.07) is 8.40. The van der Waals surface area contributed by atoms with E-state index in [4.69, 9.17) is 4.74 Å². The van der Waals surface area contributed by atoms with E-state index in [1.165, 1.54) is 0 Å². The Morgan fingerprint density at radius 3 is 2.66 bits per heavy atom. The van der Waals surface area contributed by atoms with E-state index < -0.39 is 29.7 Å². The lowest BCUT2D eigenvalue weighted by Crippen LogP contribution is -2.46. The molecular formula is C26H34N4O5. The van der Waals surface area contributed by atoms with Crippen LogP contribution in [-0.4, -0.2) is 46.4 Å². The predicted molar refractivity (Wildman–Crippen MR) is 129 cm³/mol. The summed E-state index contributed by atoms with van der Waals surface area (Å²) in [5.41, 5.74) is 2.86. The number of nitrogens with one attached hydrogen (secondary N) is 3. The Morgan fingerprint density at radius 2 is 1.91 bits per heavy atom. The maximum atomic E-state index is 13.2. The first kappa shape index (κ1) is 26.1. The Morgan fingerprint density at radius 1 is 1.14 bits per heavy atom. The molecule has 9 nitrogen and oxygen atoms in total. The summed E-state index contributed by atoms with van der Waals surface area (Å²) in [6.07, 6.45) is 4.20. The maximum absolute atomic E-state index is 13.2. The van der Waals surface area contributed by atoms with Crippen LogP contribution in [0, 0.1) is 11.8 Å². The molecule has 0 spiro atoms. The fourth-order valence-electron chi connectivity index (χ4n) is 4.21. The third-order valence-corrected chi connectivity index (χ3v) is 6.25. The summed E-state index contributed by atoms with van der Waals surface area (Å²) >= 11 is 0. The molecule has 35 heavy (non-hydrogen) atoms. The van der Waals surface area contributed by atoms with E-state index in [2.05, 4.69) is 20.8 Å². The average molecular weight is 483 g/mol. The standard InChI is InChI=1S/C26H34N4O5/c1-17(2)23(29-26(34)35-16-18-8-4-3-5-9-18)22(31)14-19-11-12-20-15-28-30-21(20)10-6-7-13-27-25(33)24(19)32/h3-5,8-9,15,17,19,23H,6-7,10-14,16H2,1-2H3,(H,27,33)(H,28,30)(H,29,34). The Balaban J connectivity index is 1.66. The van der Waals surface area contributed by atoms with Crippen molar-refractivity contribution in [2.75, 3.05) is 6.54 Å². The average Bonchev–Trinajstić information content (AvgIpc) is 3.29. The molecule has 1 aliphatic heterocycles. The van der Waals surface area contributed by atoms with E-state index >= 15 is 0 Å². The van der Waals surface area contributed by atoms with E-state index in [1.54, 1.807) is 6.20 Å². The molecule has 2 amide bonds. The van der Waals surface area contributed by atoms with Gasteiger partial charge in [-0.15, -0.1) is 0 Å². The molecule has 1 aliphatic rings. The Kier molecular flexibility index (Phi) is 9.57. The van der Waals surface area contributed by atoms with E-state index in [-0.39, 0.29) is 24.7 Å². The van der Waals surface area contributed by atoms with E-state index in [0.717, 1.165) is 36.1 Å². The second-order valence-electron chi connectivity index (χ2n) is 9.28. The van der Waals surface area contributed by atoms with Crippen LogP contribution in [0.1, 0.15) is 56.4 Å². The van der Waals surface area contributed by atoms with Crippen LogP contribution in [0.2, 0.25) is 0 Å². The van der Waals surface area contributed by atoms with Crippen molar-refractivity contribution in [1.29, 1.82) is 0 Å². The van der Waals surface area contributed by atoms with Crippen LogP contribution in [0.3, 0.4) is 0 Å². The molecule has 2 aromatic rings. The number of ether oxygens (including phenoxy) is 1. The molecule has 0 radical (unpaired) electrons. The number of rotatable bonds is 7. The zero-order valence-corrected chi connectivity index (χ0v) is 20.3. The monoisotopic (exact) mass is 482 g/mol. The van der Waals surface area contributed by atoms with Crippen LogP contribution in [-0.2, 0) is 38.6 Å². The zero-order valence-electron chi connectivity index (χ0n) is 20.3. The van der Waals surface area contributed by atoms with Gasteiger partial charge in [-0.05, 0) is 49.1 Å². The van der Waals surface area contributed by atoms with Crippen molar-refractivity contribution in [3.63, 3.8) is 0 Å². The number of nitrogens with zero attached hydrogens (tertiary/aromatic N) is 1. The minimum absolute atomic E-state index is 0.0833. The number of hydrogen-bond acceptors (Lipinski definition) is 6. The van der Waals surface area contributed by atoms with Gasteiger partial charge >= 0.3 is 6.09 Å². The highest BCUT2D eigenvalue weighted by Gasteiger charge is 2.32. The molecule has 2 unspecified atom stereocenters. The number of ketones is 2. The number of aromatic amines is 1. The van der Waals surface area contributed by atoms with Gasteiger partial charge in [0, 0.05) is 24.6 Å². The zero-order chi connectivity index (χ0) is 25.2. The Bertz CT molecular complexity index is 1020. The Hall–Kier alpha value is -3.49. The number of aryl methyl sites for hydroxylation is 2. The number of carbonyl (C=O) groups is 4. The molecule has 0 saturated carbocycles. The molecule has 188 valence electrons. The molecular weight excluding hydrogens is 448 g/mol. The lowest BCUT2D eigenvalue weighted by atomic mass is 9.86. The van der Waals surface area contributed by atoms with Crippen molar-refractivity contribution < 1.29 is 23.9 Å². The van der Waals surface area contributed by atoms with Gasteiger partial charge < -0.3 is 15.4 Å². The van der Waals surface area contributed by atoms with Gasteiger partial charge in [-0.3, -0.25) is 19.5 Å². The summed E-state index contributed by atoms with van der Waals surface area (Å²) in [6.45, 7) is 4.11. The molecule has 0 saturated heterocycles. The van der Waals surface area contributed by atoms with Gasteiger partial charge in [0.2, 0.25) is 5.78 Å². The quantitative estimate of drug-likeness (QED) is 0.520. The van der Waals surface area contributed by atoms with Crippen LogP contribution in [0.5, 0.6) is 0 Å². The molecule has 0 aliphatic carbocycles. The van der Waals surface area contributed by atoms with Gasteiger partial charge in [0.15, 0.2) is 5.78 Å². The van der Waals surface area contributed by atoms with Crippen LogP contribution >= 0.6 is 0 Å². The number of carbonyl (C=O) groups excluding carboxylic acids is 4. The van der Waals surface area contributed by atoms with E-state index in [9.17, 15) is 19.2 Å². The summed E-state index contributed by atoms with van der Waals surface area (Å²) < 4.78 is 5.27. The van der Waals surface area contributed by atoms with Crippen molar-refractivity contribution in [2.24, 2.45) is 11.8 Å². The number of alkyl carbamates (subject to hydrolysis) is 1. The number of fused-ring (bicyclic) bond motifs is 1. The van der Waals surface area contributed by atoms with Crippen LogP contribution in [0.25, 0.3) is 0 Å². The molecule has 0 fully saturated rings. The fraction of sp³-hybridized carbons (Fsp3) is 0.500. The first-order valence-electron chi connectivity index (χ1n) is 12.2. The van der Waals surface area contributed by atoms with Gasteiger partial charge in [-0.25, -0.2) is 4.79 Å². The third-order valence-electron chi connectivity index (χ3n) is 6.25. The van der Waals surface area contributed by atoms with Crippen molar-refractivity contribution >= 4 is 23.6 Å². The first-order chi connectivity index (χ1) is 16.8. The number of aromatic nitrogens is 2. The van der Waals surface area contributed by atoms with Gasteiger partial charge in [-0.2, -0.15) is 5.10 Å². The summed E-state index contributed by atoms with van der Waals surface area (Å²) in [5.74, 6) is -2.57. The van der Waals surface area contributed by atoms with Gasteiger partial charge in [-0.1, -0.05) is 44.2 Å². The highest BCUT2D eigenvalue weighted by Crippen LogP contribution is 2.21. The summed E-state index contributed by atoms with van der Waals surface area (Å²) in [5, 5.41) is 12.4. The van der Waals surface area contributed by atoms with Crippen LogP contribution < -0.4 is 10.6 Å². The van der Waals surface area contributed by atoms with E-state index in [0.29, 0.717) is 19.4 Å². The lowest BCUT2D eigenvalue weighted by Gasteiger charge is -2.23. The molecule has 1 aromatic carbocycles. The van der Waals surface area contributed by atoms with Crippen LogP contribution in [0.15, 0.2) is 36.5 Å². The summed E-state index contributed by atoms with van der Waals surface area (Å²) in [4.78, 5) is 51.0. The molecule has 2 heterocycles. The molecule has 3 N–H and O–H groups in total. The van der Waals surface area contributed by atoms with E-state index in [1.807, 2.05) is 44.2 Å². The normalized spacial score (nSPS) is 18.0. The van der Waals surface area contributed by atoms with Crippen molar-refractivity contribution in [1.82, 2.24) is 20.8 Å². The Labute approximate surface area is 205 Å². The molecule has 2 atom stereocenters. The first-order valence-corrected chi connectivity index (χ1v) is 12.2. The van der Waals surface area contributed by atoms with Gasteiger partial charge in [0.05, 0.1) is 12.2 Å². The smallest absolute Gasteiger partial charge is 0.408 e. The highest BCUT2D eigenvalue weighted by molar-refractivity contribution is 6.37. The minimum atomic E-state index is -0.833. The van der Waals surface area contributed by atoms with Crippen LogP contribution in [0.4, 0.5) is 4.79 Å². The van der Waals surface area contributed by atoms with Crippen molar-refractivity contribution in [2.45, 2.75) is 65.0 Å². The summed E-state index contributed by atoms with van der Waals surface area (Å²) in [7, 11) is 0. The minimum Gasteiger partial charge on any atom is -0.445 e. The maximum Gasteiger partial charge on any atom is 0.408 e. The fourth-order valence-corrected chi connectivity index (χ4v) is 4.21.